The zero-order valence-corrected chi connectivity index (χ0v) is 11.6. The standard InChI is InChI=1S/C14H28N2O/c1-4-14(2,3)16-13(17)11-15-10-12-8-6-5-7-9-12/h12,15H,4-11H2,1-3H3,(H,16,17). The lowest BCUT2D eigenvalue weighted by atomic mass is 9.89. The minimum absolute atomic E-state index is 0.0798. The summed E-state index contributed by atoms with van der Waals surface area (Å²) < 4.78 is 0. The highest BCUT2D eigenvalue weighted by Crippen LogP contribution is 2.22. The zero-order valence-electron chi connectivity index (χ0n) is 11.6. The minimum atomic E-state index is -0.0798. The van der Waals surface area contributed by atoms with Crippen LogP contribution in [-0.2, 0) is 4.79 Å². The van der Waals surface area contributed by atoms with E-state index >= 15 is 0 Å². The summed E-state index contributed by atoms with van der Waals surface area (Å²) in [5.74, 6) is 0.906. The van der Waals surface area contributed by atoms with E-state index in [0.29, 0.717) is 6.54 Å². The van der Waals surface area contributed by atoms with Crippen LogP contribution in [-0.4, -0.2) is 24.5 Å². The van der Waals surface area contributed by atoms with Crippen molar-refractivity contribution < 1.29 is 4.79 Å². The summed E-state index contributed by atoms with van der Waals surface area (Å²) in [5.41, 5.74) is -0.0798. The molecule has 0 aromatic carbocycles. The first kappa shape index (κ1) is 14.5. The highest BCUT2D eigenvalue weighted by Gasteiger charge is 2.18. The Morgan fingerprint density at radius 1 is 1.24 bits per heavy atom. The highest BCUT2D eigenvalue weighted by molar-refractivity contribution is 5.78. The quantitative estimate of drug-likeness (QED) is 0.749. The maximum atomic E-state index is 11.7. The van der Waals surface area contributed by atoms with Crippen LogP contribution in [0.25, 0.3) is 0 Å². The number of rotatable bonds is 6. The molecule has 0 aromatic heterocycles. The lowest BCUT2D eigenvalue weighted by molar-refractivity contribution is -0.121. The van der Waals surface area contributed by atoms with Crippen molar-refractivity contribution in [3.05, 3.63) is 0 Å². The molecule has 0 radical (unpaired) electrons. The van der Waals surface area contributed by atoms with Crippen LogP contribution in [0, 0.1) is 5.92 Å². The molecule has 1 aliphatic rings. The van der Waals surface area contributed by atoms with Gasteiger partial charge in [-0.05, 0) is 45.6 Å². The molecule has 1 amide bonds. The van der Waals surface area contributed by atoms with Crippen LogP contribution in [0.3, 0.4) is 0 Å². The second kappa shape index (κ2) is 7.00. The third kappa shape index (κ3) is 6.06. The number of amides is 1. The molecule has 1 aliphatic carbocycles. The van der Waals surface area contributed by atoms with Crippen molar-refractivity contribution in [3.63, 3.8) is 0 Å². The van der Waals surface area contributed by atoms with Crippen LogP contribution in [0.1, 0.15) is 59.3 Å². The number of nitrogens with one attached hydrogen (secondary N) is 2. The van der Waals surface area contributed by atoms with E-state index in [1.54, 1.807) is 0 Å². The Labute approximate surface area is 106 Å². The summed E-state index contributed by atoms with van der Waals surface area (Å²) in [7, 11) is 0. The first-order valence-corrected chi connectivity index (χ1v) is 7.05. The van der Waals surface area contributed by atoms with Gasteiger partial charge in [0.2, 0.25) is 5.91 Å². The Morgan fingerprint density at radius 3 is 2.47 bits per heavy atom. The van der Waals surface area contributed by atoms with Crippen molar-refractivity contribution in [1.82, 2.24) is 10.6 Å². The van der Waals surface area contributed by atoms with Crippen LogP contribution >= 0.6 is 0 Å². The van der Waals surface area contributed by atoms with E-state index in [4.69, 9.17) is 0 Å². The lowest BCUT2D eigenvalue weighted by Crippen LogP contribution is -2.47. The van der Waals surface area contributed by atoms with Gasteiger partial charge in [0.15, 0.2) is 0 Å². The maximum Gasteiger partial charge on any atom is 0.234 e. The van der Waals surface area contributed by atoms with Gasteiger partial charge in [0.25, 0.3) is 0 Å². The zero-order chi connectivity index (χ0) is 12.7. The summed E-state index contributed by atoms with van der Waals surface area (Å²) >= 11 is 0. The summed E-state index contributed by atoms with van der Waals surface area (Å²) in [6.07, 6.45) is 7.73. The van der Waals surface area contributed by atoms with E-state index in [-0.39, 0.29) is 11.4 Å². The van der Waals surface area contributed by atoms with E-state index in [2.05, 4.69) is 31.4 Å². The molecule has 1 rings (SSSR count). The van der Waals surface area contributed by atoms with Gasteiger partial charge in [-0.1, -0.05) is 26.2 Å². The van der Waals surface area contributed by atoms with Gasteiger partial charge in [0, 0.05) is 5.54 Å². The van der Waals surface area contributed by atoms with Crippen LogP contribution < -0.4 is 10.6 Å². The van der Waals surface area contributed by atoms with Gasteiger partial charge in [-0.3, -0.25) is 4.79 Å². The Morgan fingerprint density at radius 2 is 1.88 bits per heavy atom. The summed E-state index contributed by atoms with van der Waals surface area (Å²) in [6.45, 7) is 7.67. The predicted octanol–water partition coefficient (Wildman–Crippen LogP) is 2.46. The van der Waals surface area contributed by atoms with Gasteiger partial charge in [-0.2, -0.15) is 0 Å². The smallest absolute Gasteiger partial charge is 0.234 e. The van der Waals surface area contributed by atoms with Gasteiger partial charge in [-0.15, -0.1) is 0 Å². The van der Waals surface area contributed by atoms with Gasteiger partial charge in [0.05, 0.1) is 6.54 Å². The summed E-state index contributed by atoms with van der Waals surface area (Å²) in [4.78, 5) is 11.7. The van der Waals surface area contributed by atoms with E-state index in [1.807, 2.05) is 0 Å². The topological polar surface area (TPSA) is 41.1 Å². The number of hydrogen-bond donors (Lipinski definition) is 2. The average Bonchev–Trinajstić information content (AvgIpc) is 2.30. The van der Waals surface area contributed by atoms with Crippen molar-refractivity contribution >= 4 is 5.91 Å². The Hall–Kier alpha value is -0.570. The van der Waals surface area contributed by atoms with Crippen LogP contribution in [0.5, 0.6) is 0 Å². The fourth-order valence-corrected chi connectivity index (χ4v) is 2.29. The third-order valence-electron chi connectivity index (χ3n) is 3.81. The average molecular weight is 240 g/mol. The Kier molecular flexibility index (Phi) is 5.96. The fraction of sp³-hybridized carbons (Fsp3) is 0.929. The Bertz CT molecular complexity index is 232. The molecule has 0 aromatic rings. The monoisotopic (exact) mass is 240 g/mol. The Balaban J connectivity index is 2.11. The van der Waals surface area contributed by atoms with Crippen molar-refractivity contribution in [2.75, 3.05) is 13.1 Å². The molecular weight excluding hydrogens is 212 g/mol. The first-order chi connectivity index (χ1) is 8.03. The molecule has 3 heteroatoms. The SMILES string of the molecule is CCC(C)(C)NC(=O)CNCC1CCCCC1. The second-order valence-corrected chi connectivity index (χ2v) is 5.92. The van der Waals surface area contributed by atoms with E-state index in [1.165, 1.54) is 32.1 Å². The van der Waals surface area contributed by atoms with Crippen LogP contribution in [0.4, 0.5) is 0 Å². The number of carbonyl (C=O) groups is 1. The summed E-state index contributed by atoms with van der Waals surface area (Å²) in [6, 6.07) is 0. The molecule has 17 heavy (non-hydrogen) atoms. The number of carbonyl (C=O) groups excluding carboxylic acids is 1. The molecule has 0 aliphatic heterocycles. The van der Waals surface area contributed by atoms with E-state index in [9.17, 15) is 4.79 Å². The first-order valence-electron chi connectivity index (χ1n) is 7.05. The van der Waals surface area contributed by atoms with Gasteiger partial charge >= 0.3 is 0 Å². The van der Waals surface area contributed by atoms with Gasteiger partial charge < -0.3 is 10.6 Å². The molecule has 0 spiro atoms. The highest BCUT2D eigenvalue weighted by atomic mass is 16.2. The molecule has 0 bridgehead atoms. The van der Waals surface area contributed by atoms with E-state index < -0.39 is 0 Å². The molecule has 1 fully saturated rings. The normalized spacial score (nSPS) is 18.1. The maximum absolute atomic E-state index is 11.7. The van der Waals surface area contributed by atoms with Crippen LogP contribution in [0.15, 0.2) is 0 Å². The number of hydrogen-bond acceptors (Lipinski definition) is 2. The molecule has 100 valence electrons. The molecule has 2 N–H and O–H groups in total. The molecule has 0 atom stereocenters. The minimum Gasteiger partial charge on any atom is -0.350 e. The lowest BCUT2D eigenvalue weighted by Gasteiger charge is -2.25. The largest absolute Gasteiger partial charge is 0.350 e. The molecule has 3 nitrogen and oxygen atoms in total. The van der Waals surface area contributed by atoms with E-state index in [0.717, 1.165) is 18.9 Å². The van der Waals surface area contributed by atoms with Crippen LogP contribution in [0.2, 0.25) is 0 Å². The van der Waals surface area contributed by atoms with Gasteiger partial charge in [-0.25, -0.2) is 0 Å². The third-order valence-corrected chi connectivity index (χ3v) is 3.81. The van der Waals surface area contributed by atoms with Crippen molar-refractivity contribution in [2.24, 2.45) is 5.92 Å². The van der Waals surface area contributed by atoms with Crippen molar-refractivity contribution in [3.8, 4) is 0 Å². The molecular formula is C14H28N2O. The van der Waals surface area contributed by atoms with Gasteiger partial charge in [0.1, 0.15) is 0 Å². The molecule has 0 saturated heterocycles. The molecule has 0 heterocycles. The van der Waals surface area contributed by atoms with Crippen molar-refractivity contribution in [1.29, 1.82) is 0 Å². The summed E-state index contributed by atoms with van der Waals surface area (Å²) in [5, 5.41) is 6.33. The predicted molar refractivity (Wildman–Crippen MR) is 72.0 cm³/mol. The molecule has 0 unspecified atom stereocenters. The fourth-order valence-electron chi connectivity index (χ4n) is 2.29. The van der Waals surface area contributed by atoms with Crippen molar-refractivity contribution in [2.45, 2.75) is 64.8 Å². The molecule has 1 saturated carbocycles. The second-order valence-electron chi connectivity index (χ2n) is 5.92.